The van der Waals surface area contributed by atoms with Gasteiger partial charge in [0.15, 0.2) is 0 Å². The predicted molar refractivity (Wildman–Crippen MR) is 234 cm³/mol. The van der Waals surface area contributed by atoms with Gasteiger partial charge in [0, 0.05) is 33.5 Å². The van der Waals surface area contributed by atoms with Gasteiger partial charge in [0.1, 0.15) is 0 Å². The summed E-state index contributed by atoms with van der Waals surface area (Å²) in [6.45, 7) is 4.54. The molecule has 260 valence electrons. The van der Waals surface area contributed by atoms with E-state index in [1.165, 1.54) is 93.2 Å². The topological polar surface area (TPSA) is 6.48 Å². The highest BCUT2D eigenvalue weighted by Crippen LogP contribution is 2.65. The standard InChI is InChI=1S/C48H46N2S2/c1-33-18-28-42-46(50(36-15-11-8-12-16-36)38-21-25-40(26-22-38)52(6)29-30-52)32-44-34(2)17-27-41-45(31-43(33)48(42)47(41)44)49(35-13-9-7-10-14-35)37-19-23-39(24-20-37)51(3,4)5/h7-28,31-32H,29-30H2,1-6H3. The number of hydrogen-bond acceptors (Lipinski definition) is 2. The number of hydrogen-bond donors (Lipinski definition) is 0. The van der Waals surface area contributed by atoms with E-state index in [0.29, 0.717) is 0 Å². The van der Waals surface area contributed by atoms with Gasteiger partial charge in [-0.15, -0.1) is 0 Å². The molecule has 0 aliphatic carbocycles. The van der Waals surface area contributed by atoms with Gasteiger partial charge in [0.05, 0.1) is 11.4 Å². The van der Waals surface area contributed by atoms with E-state index in [9.17, 15) is 0 Å². The normalized spacial score (nSPS) is 14.9. The van der Waals surface area contributed by atoms with Crippen molar-refractivity contribution < 1.29 is 0 Å². The van der Waals surface area contributed by atoms with Crippen molar-refractivity contribution in [1.82, 2.24) is 0 Å². The van der Waals surface area contributed by atoms with E-state index < -0.39 is 20.1 Å². The number of anilines is 6. The van der Waals surface area contributed by atoms with Gasteiger partial charge in [0.25, 0.3) is 0 Å². The molecule has 0 saturated carbocycles. The highest BCUT2D eigenvalue weighted by atomic mass is 32.3. The summed E-state index contributed by atoms with van der Waals surface area (Å²) < 4.78 is 0. The minimum absolute atomic E-state index is 0.591. The fraction of sp³-hybridized carbons (Fsp3) is 0.167. The molecule has 1 fully saturated rings. The first kappa shape index (κ1) is 33.0. The number of nitrogens with zero attached hydrogens (tertiary/aromatic N) is 2. The Kier molecular flexibility index (Phi) is 7.84. The molecule has 4 heteroatoms. The van der Waals surface area contributed by atoms with Crippen molar-refractivity contribution in [3.8, 4) is 0 Å². The molecule has 0 N–H and O–H groups in total. The summed E-state index contributed by atoms with van der Waals surface area (Å²) in [5.74, 6) is 2.71. The fourth-order valence-electron chi connectivity index (χ4n) is 7.88. The van der Waals surface area contributed by atoms with E-state index in [1.807, 2.05) is 0 Å². The van der Waals surface area contributed by atoms with Crippen molar-refractivity contribution in [1.29, 1.82) is 0 Å². The van der Waals surface area contributed by atoms with Crippen LogP contribution in [-0.2, 0) is 0 Å². The lowest BCUT2D eigenvalue weighted by molar-refractivity contribution is 1.28. The van der Waals surface area contributed by atoms with Crippen LogP contribution in [0.2, 0.25) is 0 Å². The maximum atomic E-state index is 2.47. The van der Waals surface area contributed by atoms with E-state index in [2.05, 4.69) is 194 Å². The van der Waals surface area contributed by atoms with E-state index in [4.69, 9.17) is 0 Å². The highest BCUT2D eigenvalue weighted by Gasteiger charge is 2.33. The van der Waals surface area contributed by atoms with E-state index in [0.717, 1.165) is 5.69 Å². The second-order valence-electron chi connectivity index (χ2n) is 15.3. The second-order valence-corrected chi connectivity index (χ2v) is 23.3. The number of rotatable bonds is 8. The lowest BCUT2D eigenvalue weighted by atomic mass is 9.87. The maximum Gasteiger partial charge on any atom is 0.0546 e. The molecule has 1 saturated heterocycles. The van der Waals surface area contributed by atoms with E-state index >= 15 is 0 Å². The van der Waals surface area contributed by atoms with Crippen LogP contribution < -0.4 is 9.80 Å². The third-order valence-electron chi connectivity index (χ3n) is 11.1. The van der Waals surface area contributed by atoms with Gasteiger partial charge in [0.2, 0.25) is 0 Å². The second kappa shape index (κ2) is 12.4. The molecule has 1 heterocycles. The van der Waals surface area contributed by atoms with E-state index in [1.54, 1.807) is 0 Å². The zero-order valence-electron chi connectivity index (χ0n) is 31.0. The molecular formula is C48H46N2S2. The first-order chi connectivity index (χ1) is 25.1. The summed E-state index contributed by atoms with van der Waals surface area (Å²) in [7, 11) is -1.43. The zero-order valence-corrected chi connectivity index (χ0v) is 32.6. The first-order valence-corrected chi connectivity index (χ1v) is 23.4. The van der Waals surface area contributed by atoms with Crippen molar-refractivity contribution in [2.75, 3.05) is 46.3 Å². The summed E-state index contributed by atoms with van der Waals surface area (Å²) in [4.78, 5) is 7.87. The molecule has 0 bridgehead atoms. The maximum absolute atomic E-state index is 2.47. The molecule has 0 amide bonds. The van der Waals surface area contributed by atoms with Gasteiger partial charge in [-0.1, -0.05) is 60.7 Å². The molecule has 2 nitrogen and oxygen atoms in total. The lowest BCUT2D eigenvalue weighted by Gasteiger charge is -2.32. The Hall–Kier alpha value is -4.90. The van der Waals surface area contributed by atoms with Crippen LogP contribution in [0.25, 0.3) is 32.3 Å². The summed E-state index contributed by atoms with van der Waals surface area (Å²) in [5, 5.41) is 7.79. The van der Waals surface area contributed by atoms with Gasteiger partial charge in [-0.25, -0.2) is 20.1 Å². The number of para-hydroxylation sites is 2. The Labute approximate surface area is 311 Å². The molecule has 0 radical (unpaired) electrons. The van der Waals surface area contributed by atoms with Gasteiger partial charge >= 0.3 is 0 Å². The molecular weight excluding hydrogens is 669 g/mol. The molecule has 52 heavy (non-hydrogen) atoms. The Morgan fingerprint density at radius 2 is 0.865 bits per heavy atom. The summed E-state index contributed by atoms with van der Waals surface area (Å²) >= 11 is 0. The lowest BCUT2D eigenvalue weighted by Crippen LogP contribution is -2.12. The van der Waals surface area contributed by atoms with Crippen molar-refractivity contribution in [3.05, 3.63) is 157 Å². The summed E-state index contributed by atoms with van der Waals surface area (Å²) in [6.07, 6.45) is 9.56. The molecule has 1 aliphatic heterocycles. The highest BCUT2D eigenvalue weighted by molar-refractivity contribution is 8.39. The van der Waals surface area contributed by atoms with Crippen molar-refractivity contribution in [3.63, 3.8) is 0 Å². The number of benzene rings is 8. The van der Waals surface area contributed by atoms with Crippen LogP contribution in [0.4, 0.5) is 34.1 Å². The smallest absolute Gasteiger partial charge is 0.0546 e. The summed E-state index contributed by atoms with van der Waals surface area (Å²) in [6, 6.07) is 54.8. The molecule has 9 rings (SSSR count). The minimum atomic E-state index is -0.838. The largest absolute Gasteiger partial charge is 0.310 e. The van der Waals surface area contributed by atoms with Gasteiger partial charge in [-0.2, -0.15) is 0 Å². The predicted octanol–water partition coefficient (Wildman–Crippen LogP) is 14.0. The van der Waals surface area contributed by atoms with Crippen LogP contribution in [0.5, 0.6) is 0 Å². The third-order valence-corrected chi connectivity index (χ3v) is 15.8. The van der Waals surface area contributed by atoms with Gasteiger partial charge in [-0.3, -0.25) is 0 Å². The average Bonchev–Trinajstić information content (AvgIpc) is 3.92. The fourth-order valence-corrected chi connectivity index (χ4v) is 11.1. The minimum Gasteiger partial charge on any atom is -0.310 e. The van der Waals surface area contributed by atoms with Crippen molar-refractivity contribution >= 4 is 86.5 Å². The van der Waals surface area contributed by atoms with Crippen LogP contribution in [0.3, 0.4) is 0 Å². The van der Waals surface area contributed by atoms with Crippen LogP contribution in [0.1, 0.15) is 11.1 Å². The molecule has 0 aromatic heterocycles. The van der Waals surface area contributed by atoms with Crippen LogP contribution >= 0.6 is 20.1 Å². The Morgan fingerprint density at radius 3 is 1.27 bits per heavy atom. The SMILES string of the molecule is Cc1ccc2c(N(c3ccccc3)c3ccc(S(C)(C)C)cc3)cc3c(C)ccc4c(N(c5ccccc5)c5ccc(S6(C)CC6)cc5)cc1c2c34. The molecule has 8 aromatic rings. The molecule has 0 atom stereocenters. The number of aryl methyl sites for hydroxylation is 2. The molecule has 8 aromatic carbocycles. The van der Waals surface area contributed by atoms with Crippen molar-refractivity contribution in [2.24, 2.45) is 0 Å². The van der Waals surface area contributed by atoms with Crippen molar-refractivity contribution in [2.45, 2.75) is 23.6 Å². The Morgan fingerprint density at radius 1 is 0.462 bits per heavy atom. The third kappa shape index (κ3) is 5.52. The quantitative estimate of drug-likeness (QED) is 0.114. The monoisotopic (exact) mass is 714 g/mol. The Bertz CT molecular complexity index is 2400. The molecule has 0 spiro atoms. The van der Waals surface area contributed by atoms with Gasteiger partial charge in [-0.05, 0) is 178 Å². The van der Waals surface area contributed by atoms with Crippen LogP contribution in [0.15, 0.2) is 155 Å². The van der Waals surface area contributed by atoms with Crippen LogP contribution in [0, 0.1) is 13.8 Å². The Balaban J connectivity index is 1.32. The average molecular weight is 715 g/mol. The first-order valence-electron chi connectivity index (χ1n) is 18.2. The van der Waals surface area contributed by atoms with Gasteiger partial charge < -0.3 is 9.80 Å². The summed E-state index contributed by atoms with van der Waals surface area (Å²) in [5.41, 5.74) is 9.67. The van der Waals surface area contributed by atoms with Crippen LogP contribution in [-0.4, -0.2) is 36.5 Å². The zero-order chi connectivity index (χ0) is 35.8. The molecule has 1 aliphatic rings. The molecule has 0 unspecified atom stereocenters. The van der Waals surface area contributed by atoms with E-state index in [-0.39, 0.29) is 0 Å².